The molecule has 1 unspecified atom stereocenters. The highest BCUT2D eigenvalue weighted by Crippen LogP contribution is 2.38. The number of rotatable bonds is 9. The molecule has 2 heteroatoms. The Kier molecular flexibility index (Phi) is 7.53. The molecule has 0 bridgehead atoms. The molecule has 1 fully saturated rings. The smallest absolute Gasteiger partial charge is 0.00665 e. The second-order valence-electron chi connectivity index (χ2n) is 8.13. The molecule has 0 radical (unpaired) electrons. The molecule has 120 valence electrons. The number of nitrogens with zero attached hydrogens (tertiary/aromatic N) is 1. The first-order chi connectivity index (χ1) is 9.34. The Morgan fingerprint density at radius 2 is 1.60 bits per heavy atom. The third kappa shape index (κ3) is 6.13. The lowest BCUT2D eigenvalue weighted by atomic mass is 9.84. The zero-order chi connectivity index (χ0) is 15.2. The SMILES string of the molecule is CC(C)CNCC1(CN(C)C(C)CC(C)C)CCCC1. The Balaban J connectivity index is 2.48. The zero-order valence-corrected chi connectivity index (χ0v) is 14.8. The van der Waals surface area contributed by atoms with Crippen molar-refractivity contribution in [2.75, 3.05) is 26.7 Å². The van der Waals surface area contributed by atoms with Gasteiger partial charge in [0.25, 0.3) is 0 Å². The molecule has 0 aliphatic heterocycles. The van der Waals surface area contributed by atoms with E-state index in [-0.39, 0.29) is 0 Å². The third-order valence-corrected chi connectivity index (χ3v) is 4.87. The molecule has 0 saturated heterocycles. The second-order valence-corrected chi connectivity index (χ2v) is 8.13. The van der Waals surface area contributed by atoms with Gasteiger partial charge in [-0.3, -0.25) is 0 Å². The number of nitrogens with one attached hydrogen (secondary N) is 1. The van der Waals surface area contributed by atoms with Crippen LogP contribution in [-0.4, -0.2) is 37.6 Å². The van der Waals surface area contributed by atoms with Crippen LogP contribution >= 0.6 is 0 Å². The molecule has 0 spiro atoms. The maximum absolute atomic E-state index is 3.73. The van der Waals surface area contributed by atoms with E-state index >= 15 is 0 Å². The Morgan fingerprint density at radius 1 is 1.00 bits per heavy atom. The Hall–Kier alpha value is -0.0800. The average molecular weight is 283 g/mol. The molecular formula is C18H38N2. The van der Waals surface area contributed by atoms with Crippen LogP contribution in [0.15, 0.2) is 0 Å². The summed E-state index contributed by atoms with van der Waals surface area (Å²) in [5.41, 5.74) is 0.537. The van der Waals surface area contributed by atoms with Gasteiger partial charge in [0.1, 0.15) is 0 Å². The van der Waals surface area contributed by atoms with Gasteiger partial charge in [0, 0.05) is 19.1 Å². The van der Waals surface area contributed by atoms with Crippen molar-refractivity contribution >= 4 is 0 Å². The van der Waals surface area contributed by atoms with Crippen LogP contribution in [0.3, 0.4) is 0 Å². The second kappa shape index (κ2) is 8.38. The van der Waals surface area contributed by atoms with Gasteiger partial charge in [-0.05, 0) is 57.0 Å². The predicted octanol–water partition coefficient (Wildman–Crippen LogP) is 4.16. The molecule has 0 aromatic rings. The molecule has 1 aliphatic carbocycles. The predicted molar refractivity (Wildman–Crippen MR) is 90.2 cm³/mol. The highest BCUT2D eigenvalue weighted by Gasteiger charge is 2.35. The molecule has 0 amide bonds. The summed E-state index contributed by atoms with van der Waals surface area (Å²) >= 11 is 0. The van der Waals surface area contributed by atoms with Crippen molar-refractivity contribution in [2.45, 2.75) is 72.8 Å². The third-order valence-electron chi connectivity index (χ3n) is 4.87. The summed E-state index contributed by atoms with van der Waals surface area (Å²) in [4.78, 5) is 2.61. The van der Waals surface area contributed by atoms with E-state index in [9.17, 15) is 0 Å². The number of hydrogen-bond acceptors (Lipinski definition) is 2. The fourth-order valence-electron chi connectivity index (χ4n) is 3.69. The van der Waals surface area contributed by atoms with E-state index in [1.165, 1.54) is 45.2 Å². The molecule has 20 heavy (non-hydrogen) atoms. The lowest BCUT2D eigenvalue weighted by molar-refractivity contribution is 0.130. The van der Waals surface area contributed by atoms with Gasteiger partial charge in [-0.25, -0.2) is 0 Å². The van der Waals surface area contributed by atoms with E-state index in [2.05, 4.69) is 51.9 Å². The summed E-state index contributed by atoms with van der Waals surface area (Å²) in [5.74, 6) is 1.55. The summed E-state index contributed by atoms with van der Waals surface area (Å²) in [5, 5.41) is 3.73. The van der Waals surface area contributed by atoms with E-state index < -0.39 is 0 Å². The van der Waals surface area contributed by atoms with Crippen LogP contribution in [0.2, 0.25) is 0 Å². The quantitative estimate of drug-likeness (QED) is 0.683. The van der Waals surface area contributed by atoms with Crippen LogP contribution in [-0.2, 0) is 0 Å². The van der Waals surface area contributed by atoms with Crippen LogP contribution in [0.4, 0.5) is 0 Å². The van der Waals surface area contributed by atoms with Gasteiger partial charge < -0.3 is 10.2 Å². The summed E-state index contributed by atoms with van der Waals surface area (Å²) in [6.07, 6.45) is 6.99. The van der Waals surface area contributed by atoms with E-state index in [4.69, 9.17) is 0 Å². The van der Waals surface area contributed by atoms with Crippen LogP contribution in [0, 0.1) is 17.3 Å². The normalized spacial score (nSPS) is 20.2. The monoisotopic (exact) mass is 282 g/mol. The van der Waals surface area contributed by atoms with E-state index in [0.29, 0.717) is 11.5 Å². The van der Waals surface area contributed by atoms with Gasteiger partial charge in [0.15, 0.2) is 0 Å². The minimum Gasteiger partial charge on any atom is -0.316 e. The van der Waals surface area contributed by atoms with Crippen molar-refractivity contribution in [2.24, 2.45) is 17.3 Å². The Morgan fingerprint density at radius 3 is 2.10 bits per heavy atom. The fraction of sp³-hybridized carbons (Fsp3) is 1.00. The molecule has 1 atom stereocenters. The summed E-state index contributed by atoms with van der Waals surface area (Å²) in [6.45, 7) is 15.3. The van der Waals surface area contributed by atoms with Crippen LogP contribution in [0.25, 0.3) is 0 Å². The largest absolute Gasteiger partial charge is 0.316 e. The first-order valence-corrected chi connectivity index (χ1v) is 8.75. The van der Waals surface area contributed by atoms with Crippen molar-refractivity contribution in [3.8, 4) is 0 Å². The van der Waals surface area contributed by atoms with Crippen molar-refractivity contribution in [3.05, 3.63) is 0 Å². The van der Waals surface area contributed by atoms with Crippen molar-refractivity contribution in [1.29, 1.82) is 0 Å². The lowest BCUT2D eigenvalue weighted by Gasteiger charge is -2.37. The Labute approximate surface area is 127 Å². The first kappa shape index (κ1) is 18.0. The van der Waals surface area contributed by atoms with Gasteiger partial charge in [-0.1, -0.05) is 40.5 Å². The standard InChI is InChI=1S/C18H38N2/c1-15(2)11-17(5)20(6)14-18(9-7-8-10-18)13-19-12-16(3)4/h15-17,19H,7-14H2,1-6H3. The van der Waals surface area contributed by atoms with Gasteiger partial charge in [0.05, 0.1) is 0 Å². The molecule has 2 nitrogen and oxygen atoms in total. The minimum absolute atomic E-state index is 0.537. The maximum Gasteiger partial charge on any atom is 0.00665 e. The van der Waals surface area contributed by atoms with Crippen LogP contribution < -0.4 is 5.32 Å². The van der Waals surface area contributed by atoms with Crippen LogP contribution in [0.5, 0.6) is 0 Å². The van der Waals surface area contributed by atoms with Gasteiger partial charge in [-0.2, -0.15) is 0 Å². The molecule has 1 saturated carbocycles. The Bertz CT molecular complexity index is 254. The fourth-order valence-corrected chi connectivity index (χ4v) is 3.69. The van der Waals surface area contributed by atoms with Crippen molar-refractivity contribution in [1.82, 2.24) is 10.2 Å². The molecular weight excluding hydrogens is 244 g/mol. The highest BCUT2D eigenvalue weighted by atomic mass is 15.1. The maximum atomic E-state index is 3.73. The van der Waals surface area contributed by atoms with Crippen molar-refractivity contribution in [3.63, 3.8) is 0 Å². The summed E-state index contributed by atoms with van der Waals surface area (Å²) in [7, 11) is 2.33. The topological polar surface area (TPSA) is 15.3 Å². The zero-order valence-electron chi connectivity index (χ0n) is 14.8. The van der Waals surface area contributed by atoms with Gasteiger partial charge in [0.2, 0.25) is 0 Å². The lowest BCUT2D eigenvalue weighted by Crippen LogP contribution is -2.45. The van der Waals surface area contributed by atoms with E-state index in [1.807, 2.05) is 0 Å². The molecule has 1 N–H and O–H groups in total. The summed E-state index contributed by atoms with van der Waals surface area (Å²) < 4.78 is 0. The average Bonchev–Trinajstić information content (AvgIpc) is 2.76. The van der Waals surface area contributed by atoms with Crippen molar-refractivity contribution < 1.29 is 0 Å². The highest BCUT2D eigenvalue weighted by molar-refractivity contribution is 4.90. The van der Waals surface area contributed by atoms with Gasteiger partial charge >= 0.3 is 0 Å². The molecule has 0 heterocycles. The number of hydrogen-bond donors (Lipinski definition) is 1. The van der Waals surface area contributed by atoms with E-state index in [0.717, 1.165) is 18.4 Å². The molecule has 1 rings (SSSR count). The summed E-state index contributed by atoms with van der Waals surface area (Å²) in [6, 6.07) is 0.706. The van der Waals surface area contributed by atoms with E-state index in [1.54, 1.807) is 0 Å². The van der Waals surface area contributed by atoms with Crippen LogP contribution in [0.1, 0.15) is 66.7 Å². The molecule has 0 aromatic carbocycles. The minimum atomic E-state index is 0.537. The first-order valence-electron chi connectivity index (χ1n) is 8.75. The molecule has 1 aliphatic rings. The molecule has 0 aromatic heterocycles. The van der Waals surface area contributed by atoms with Gasteiger partial charge in [-0.15, -0.1) is 0 Å².